The Morgan fingerprint density at radius 1 is 1.12 bits per heavy atom. The molecule has 0 aliphatic heterocycles. The standard InChI is InChI=1S/C19H15N5O2/c1-12-3-2-4-15(9-12)24-18-16(10-22-24)17(20-11-21-18)23-14-7-5-13(6-8-14)19(25)26/h2-11H,1H3,(H,25,26)(H,20,21,23). The first-order valence-electron chi connectivity index (χ1n) is 7.98. The molecule has 0 atom stereocenters. The van der Waals surface area contributed by atoms with Gasteiger partial charge in [-0.25, -0.2) is 19.4 Å². The maximum atomic E-state index is 11.0. The smallest absolute Gasteiger partial charge is 0.335 e. The minimum absolute atomic E-state index is 0.232. The van der Waals surface area contributed by atoms with E-state index in [2.05, 4.69) is 20.4 Å². The summed E-state index contributed by atoms with van der Waals surface area (Å²) in [7, 11) is 0. The number of carboxylic acids is 1. The lowest BCUT2D eigenvalue weighted by Gasteiger charge is -2.07. The number of hydrogen-bond acceptors (Lipinski definition) is 5. The van der Waals surface area contributed by atoms with Crippen LogP contribution < -0.4 is 5.32 Å². The van der Waals surface area contributed by atoms with Crippen molar-refractivity contribution in [1.29, 1.82) is 0 Å². The van der Waals surface area contributed by atoms with Crippen LogP contribution in [0.25, 0.3) is 16.7 Å². The summed E-state index contributed by atoms with van der Waals surface area (Å²) in [4.78, 5) is 19.6. The van der Waals surface area contributed by atoms with E-state index in [1.165, 1.54) is 6.33 Å². The molecule has 2 N–H and O–H groups in total. The maximum Gasteiger partial charge on any atom is 0.335 e. The van der Waals surface area contributed by atoms with Gasteiger partial charge in [0.25, 0.3) is 0 Å². The quantitative estimate of drug-likeness (QED) is 0.587. The van der Waals surface area contributed by atoms with Crippen LogP contribution in [0.4, 0.5) is 11.5 Å². The molecule has 0 fully saturated rings. The molecule has 4 rings (SSSR count). The van der Waals surface area contributed by atoms with Crippen molar-refractivity contribution >= 4 is 28.5 Å². The zero-order chi connectivity index (χ0) is 18.1. The molecule has 2 aromatic carbocycles. The second-order valence-electron chi connectivity index (χ2n) is 5.86. The van der Waals surface area contributed by atoms with Crippen molar-refractivity contribution in [2.75, 3.05) is 5.32 Å². The topological polar surface area (TPSA) is 92.9 Å². The van der Waals surface area contributed by atoms with E-state index in [9.17, 15) is 4.79 Å². The molecule has 0 amide bonds. The zero-order valence-corrected chi connectivity index (χ0v) is 13.9. The number of rotatable bonds is 4. The molecule has 0 radical (unpaired) electrons. The lowest BCUT2D eigenvalue weighted by molar-refractivity contribution is 0.0697. The normalized spacial score (nSPS) is 10.8. The molecule has 0 bridgehead atoms. The number of aryl methyl sites for hydroxylation is 1. The number of aromatic carboxylic acids is 1. The highest BCUT2D eigenvalue weighted by atomic mass is 16.4. The van der Waals surface area contributed by atoms with Gasteiger partial charge in [0.05, 0.1) is 22.8 Å². The number of aromatic nitrogens is 4. The number of fused-ring (bicyclic) bond motifs is 1. The summed E-state index contributed by atoms with van der Waals surface area (Å²) < 4.78 is 1.77. The lowest BCUT2D eigenvalue weighted by Crippen LogP contribution is -2.00. The summed E-state index contributed by atoms with van der Waals surface area (Å²) >= 11 is 0. The first-order chi connectivity index (χ1) is 12.6. The molecule has 7 nitrogen and oxygen atoms in total. The van der Waals surface area contributed by atoms with E-state index in [-0.39, 0.29) is 5.56 Å². The Kier molecular flexibility index (Phi) is 3.81. The van der Waals surface area contributed by atoms with Crippen LogP contribution in [0.15, 0.2) is 61.1 Å². The van der Waals surface area contributed by atoms with Gasteiger partial charge in [-0.3, -0.25) is 0 Å². The van der Waals surface area contributed by atoms with Gasteiger partial charge in [-0.05, 0) is 48.9 Å². The van der Waals surface area contributed by atoms with Gasteiger partial charge >= 0.3 is 5.97 Å². The molecule has 0 saturated carbocycles. The molecule has 0 unspecified atom stereocenters. The Morgan fingerprint density at radius 3 is 2.65 bits per heavy atom. The van der Waals surface area contributed by atoms with Gasteiger partial charge in [0, 0.05) is 5.69 Å². The van der Waals surface area contributed by atoms with Crippen molar-refractivity contribution in [3.8, 4) is 5.69 Å². The fourth-order valence-corrected chi connectivity index (χ4v) is 2.73. The first kappa shape index (κ1) is 15.8. The van der Waals surface area contributed by atoms with E-state index in [0.717, 1.165) is 22.3 Å². The van der Waals surface area contributed by atoms with Crippen LogP contribution in [0, 0.1) is 6.92 Å². The molecule has 4 aromatic rings. The highest BCUT2D eigenvalue weighted by Gasteiger charge is 2.12. The molecule has 7 heteroatoms. The van der Waals surface area contributed by atoms with Crippen LogP contribution >= 0.6 is 0 Å². The van der Waals surface area contributed by atoms with E-state index in [4.69, 9.17) is 5.11 Å². The van der Waals surface area contributed by atoms with E-state index < -0.39 is 5.97 Å². The van der Waals surface area contributed by atoms with Crippen molar-refractivity contribution < 1.29 is 9.90 Å². The van der Waals surface area contributed by atoms with Gasteiger partial charge in [0.2, 0.25) is 0 Å². The first-order valence-corrected chi connectivity index (χ1v) is 7.98. The number of carbonyl (C=O) groups is 1. The van der Waals surface area contributed by atoms with Crippen LogP contribution in [0.2, 0.25) is 0 Å². The molecule has 2 aromatic heterocycles. The molecule has 0 saturated heterocycles. The summed E-state index contributed by atoms with van der Waals surface area (Å²) in [5.74, 6) is -0.350. The van der Waals surface area contributed by atoms with Crippen molar-refractivity contribution in [3.63, 3.8) is 0 Å². The predicted molar refractivity (Wildman–Crippen MR) is 98.1 cm³/mol. The lowest BCUT2D eigenvalue weighted by atomic mass is 10.2. The highest BCUT2D eigenvalue weighted by molar-refractivity contribution is 5.90. The Morgan fingerprint density at radius 2 is 1.92 bits per heavy atom. The number of carboxylic acid groups (broad SMARTS) is 1. The number of anilines is 2. The van der Waals surface area contributed by atoms with Gasteiger partial charge < -0.3 is 10.4 Å². The zero-order valence-electron chi connectivity index (χ0n) is 13.9. The van der Waals surface area contributed by atoms with Gasteiger partial charge in [-0.2, -0.15) is 5.10 Å². The Balaban J connectivity index is 1.72. The van der Waals surface area contributed by atoms with Gasteiger partial charge in [0.15, 0.2) is 5.65 Å². The van der Waals surface area contributed by atoms with E-state index in [1.807, 2.05) is 31.2 Å². The molecule has 2 heterocycles. The van der Waals surface area contributed by atoms with Crippen LogP contribution in [0.5, 0.6) is 0 Å². The monoisotopic (exact) mass is 345 g/mol. The third-order valence-corrected chi connectivity index (χ3v) is 4.01. The summed E-state index contributed by atoms with van der Waals surface area (Å²) in [5, 5.41) is 17.4. The van der Waals surface area contributed by atoms with E-state index >= 15 is 0 Å². The SMILES string of the molecule is Cc1cccc(-n2ncc3c(Nc4ccc(C(=O)O)cc4)ncnc32)c1. The second kappa shape index (κ2) is 6.29. The number of nitrogens with zero attached hydrogens (tertiary/aromatic N) is 4. The minimum atomic E-state index is -0.958. The number of hydrogen-bond donors (Lipinski definition) is 2. The van der Waals surface area contributed by atoms with Crippen molar-refractivity contribution in [1.82, 2.24) is 19.7 Å². The average molecular weight is 345 g/mol. The van der Waals surface area contributed by atoms with Gasteiger partial charge in [0.1, 0.15) is 12.1 Å². The Labute approximate surface area is 149 Å². The molecule has 128 valence electrons. The largest absolute Gasteiger partial charge is 0.478 e. The van der Waals surface area contributed by atoms with Crippen molar-refractivity contribution in [3.05, 3.63) is 72.2 Å². The third-order valence-electron chi connectivity index (χ3n) is 4.01. The minimum Gasteiger partial charge on any atom is -0.478 e. The van der Waals surface area contributed by atoms with Crippen LogP contribution in [0.1, 0.15) is 15.9 Å². The third kappa shape index (κ3) is 2.86. The predicted octanol–water partition coefficient (Wildman–Crippen LogP) is 3.57. The molecule has 0 aliphatic carbocycles. The number of nitrogens with one attached hydrogen (secondary N) is 1. The summed E-state index contributed by atoms with van der Waals surface area (Å²) in [6.07, 6.45) is 3.19. The fraction of sp³-hybridized carbons (Fsp3) is 0.0526. The Bertz CT molecular complexity index is 1100. The highest BCUT2D eigenvalue weighted by Crippen LogP contribution is 2.25. The molecular weight excluding hydrogens is 330 g/mol. The van der Waals surface area contributed by atoms with Crippen molar-refractivity contribution in [2.24, 2.45) is 0 Å². The summed E-state index contributed by atoms with van der Waals surface area (Å²) in [6.45, 7) is 2.03. The second-order valence-corrected chi connectivity index (χ2v) is 5.86. The average Bonchev–Trinajstić information content (AvgIpc) is 3.07. The number of benzene rings is 2. The molecule has 26 heavy (non-hydrogen) atoms. The van der Waals surface area contributed by atoms with Crippen LogP contribution in [0.3, 0.4) is 0 Å². The van der Waals surface area contributed by atoms with Crippen LogP contribution in [-0.4, -0.2) is 30.8 Å². The van der Waals surface area contributed by atoms with Crippen molar-refractivity contribution in [2.45, 2.75) is 6.92 Å². The van der Waals surface area contributed by atoms with E-state index in [0.29, 0.717) is 11.5 Å². The fourth-order valence-electron chi connectivity index (χ4n) is 2.73. The molecule has 0 aliphatic rings. The molecular formula is C19H15N5O2. The van der Waals surface area contributed by atoms with Gasteiger partial charge in [-0.15, -0.1) is 0 Å². The summed E-state index contributed by atoms with van der Waals surface area (Å²) in [5.41, 5.74) is 3.72. The Hall–Kier alpha value is -3.74. The molecule has 0 spiro atoms. The van der Waals surface area contributed by atoms with Gasteiger partial charge in [-0.1, -0.05) is 12.1 Å². The van der Waals surface area contributed by atoms with Crippen LogP contribution in [-0.2, 0) is 0 Å². The van der Waals surface area contributed by atoms with E-state index in [1.54, 1.807) is 35.1 Å². The summed E-state index contributed by atoms with van der Waals surface area (Å²) in [6, 6.07) is 14.5. The maximum absolute atomic E-state index is 11.0.